The van der Waals surface area contributed by atoms with Crippen molar-refractivity contribution < 1.29 is 5.21 Å². The van der Waals surface area contributed by atoms with Crippen molar-refractivity contribution in [1.29, 1.82) is 0 Å². The lowest BCUT2D eigenvalue weighted by atomic mass is 9.69. The van der Waals surface area contributed by atoms with Gasteiger partial charge in [-0.2, -0.15) is 0 Å². The monoisotopic (exact) mass is 221 g/mol. The van der Waals surface area contributed by atoms with Gasteiger partial charge < -0.3 is 16.1 Å². The van der Waals surface area contributed by atoms with Crippen LogP contribution >= 0.6 is 0 Å². The van der Waals surface area contributed by atoms with Crippen molar-refractivity contribution in [2.75, 3.05) is 0 Å². The molecule has 4 rings (SSSR count). The lowest BCUT2D eigenvalue weighted by molar-refractivity contribution is -0.163. The maximum absolute atomic E-state index is 11.3. The molecule has 0 saturated heterocycles. The summed E-state index contributed by atoms with van der Waals surface area (Å²) in [6.07, 6.45) is 7.64. The Hall–Kier alpha value is -0.420. The fourth-order valence-electron chi connectivity index (χ4n) is 5.32. The maximum atomic E-state index is 11.3. The molecule has 4 aliphatic carbocycles. The van der Waals surface area contributed by atoms with Crippen molar-refractivity contribution in [2.45, 2.75) is 24.9 Å². The second-order valence-electron chi connectivity index (χ2n) is 6.17. The zero-order chi connectivity index (χ0) is 11.1. The molecular weight excluding hydrogens is 204 g/mol. The lowest BCUT2D eigenvalue weighted by Crippen LogP contribution is -2.59. The Labute approximate surface area is 94.6 Å². The average molecular weight is 221 g/mol. The van der Waals surface area contributed by atoms with E-state index >= 15 is 0 Å². The first-order valence-corrected chi connectivity index (χ1v) is 6.24. The van der Waals surface area contributed by atoms with Crippen LogP contribution in [0.25, 0.3) is 0 Å². The molecule has 7 unspecified atom stereocenters. The minimum absolute atomic E-state index is 0.0452. The third-order valence-corrected chi connectivity index (χ3v) is 5.74. The molecule has 0 spiro atoms. The van der Waals surface area contributed by atoms with E-state index < -0.39 is 5.66 Å². The predicted octanol–water partition coefficient (Wildman–Crippen LogP) is 1.31. The van der Waals surface area contributed by atoms with E-state index in [9.17, 15) is 10.4 Å². The van der Waals surface area contributed by atoms with Crippen LogP contribution in [0, 0.1) is 40.7 Å². The Balaban J connectivity index is 1.73. The molecule has 7 atom stereocenters. The molecule has 4 heteroatoms. The van der Waals surface area contributed by atoms with E-state index in [2.05, 4.69) is 12.2 Å². The van der Waals surface area contributed by atoms with Gasteiger partial charge in [-0.25, -0.2) is 5.23 Å². The van der Waals surface area contributed by atoms with E-state index in [-0.39, 0.29) is 11.1 Å². The van der Waals surface area contributed by atoms with E-state index in [4.69, 9.17) is 5.73 Å². The summed E-state index contributed by atoms with van der Waals surface area (Å²) in [5.41, 5.74) is 5.12. The SMILES string of the molecule is NC1(N([O-])O)CC2CC1C1C3C=CC(C3)C21. The highest BCUT2D eigenvalue weighted by Crippen LogP contribution is 2.67. The molecule has 0 aromatic carbocycles. The molecule has 3 saturated carbocycles. The smallest absolute Gasteiger partial charge is 0.0829 e. The molecule has 3 N–H and O–H groups in total. The first kappa shape index (κ1) is 9.59. The molecule has 88 valence electrons. The zero-order valence-corrected chi connectivity index (χ0v) is 9.12. The second-order valence-corrected chi connectivity index (χ2v) is 6.17. The first-order valence-electron chi connectivity index (χ1n) is 6.24. The van der Waals surface area contributed by atoms with Gasteiger partial charge >= 0.3 is 0 Å². The summed E-state index contributed by atoms with van der Waals surface area (Å²) >= 11 is 0. The minimum Gasteiger partial charge on any atom is -0.761 e. The minimum atomic E-state index is -0.996. The van der Waals surface area contributed by atoms with Crippen molar-refractivity contribution in [3.8, 4) is 0 Å². The predicted molar refractivity (Wildman–Crippen MR) is 57.8 cm³/mol. The van der Waals surface area contributed by atoms with Crippen LogP contribution in [-0.4, -0.2) is 16.1 Å². The highest BCUT2D eigenvalue weighted by molar-refractivity contribution is 5.23. The van der Waals surface area contributed by atoms with E-state index in [0.29, 0.717) is 24.2 Å². The number of fused-ring (bicyclic) bond motifs is 9. The van der Waals surface area contributed by atoms with Gasteiger partial charge in [0.25, 0.3) is 0 Å². The van der Waals surface area contributed by atoms with Crippen molar-refractivity contribution in [2.24, 2.45) is 41.2 Å². The van der Waals surface area contributed by atoms with Crippen LogP contribution in [0.3, 0.4) is 0 Å². The summed E-state index contributed by atoms with van der Waals surface area (Å²) in [7, 11) is 0. The van der Waals surface area contributed by atoms with Gasteiger partial charge in [0.05, 0.1) is 5.66 Å². The van der Waals surface area contributed by atoms with Gasteiger partial charge in [0.1, 0.15) is 0 Å². The van der Waals surface area contributed by atoms with Crippen LogP contribution in [0.4, 0.5) is 0 Å². The first-order chi connectivity index (χ1) is 7.61. The Morgan fingerprint density at radius 2 is 1.94 bits per heavy atom. The summed E-state index contributed by atoms with van der Waals surface area (Å²) in [6, 6.07) is 0. The van der Waals surface area contributed by atoms with Crippen LogP contribution < -0.4 is 5.73 Å². The average Bonchev–Trinajstić information content (AvgIpc) is 2.92. The summed E-state index contributed by atoms with van der Waals surface area (Å²) in [5, 5.41) is 20.6. The molecule has 0 heterocycles. The van der Waals surface area contributed by atoms with Gasteiger partial charge in [0.2, 0.25) is 0 Å². The third-order valence-electron chi connectivity index (χ3n) is 5.74. The van der Waals surface area contributed by atoms with Gasteiger partial charge in [-0.3, -0.25) is 0 Å². The van der Waals surface area contributed by atoms with Gasteiger partial charge in [0.15, 0.2) is 0 Å². The topological polar surface area (TPSA) is 72.5 Å². The Bertz CT molecular complexity index is 370. The van der Waals surface area contributed by atoms with Crippen LogP contribution in [0.5, 0.6) is 0 Å². The summed E-state index contributed by atoms with van der Waals surface area (Å²) in [6.45, 7) is 0. The van der Waals surface area contributed by atoms with Gasteiger partial charge in [-0.15, -0.1) is 0 Å². The van der Waals surface area contributed by atoms with Crippen LogP contribution in [0.15, 0.2) is 12.2 Å². The van der Waals surface area contributed by atoms with Gasteiger partial charge in [-0.1, -0.05) is 12.2 Å². The Morgan fingerprint density at radius 1 is 1.25 bits per heavy atom. The molecule has 3 fully saturated rings. The van der Waals surface area contributed by atoms with Crippen LogP contribution in [0.1, 0.15) is 19.3 Å². The summed E-state index contributed by atoms with van der Waals surface area (Å²) < 4.78 is 0. The number of nitrogens with zero attached hydrogens (tertiary/aromatic N) is 1. The van der Waals surface area contributed by atoms with Gasteiger partial charge in [0, 0.05) is 0 Å². The van der Waals surface area contributed by atoms with Crippen molar-refractivity contribution in [3.63, 3.8) is 0 Å². The number of hydrogen-bond donors (Lipinski definition) is 2. The summed E-state index contributed by atoms with van der Waals surface area (Å²) in [5.74, 6) is 3.41. The van der Waals surface area contributed by atoms with Crippen LogP contribution in [0.2, 0.25) is 0 Å². The van der Waals surface area contributed by atoms with Crippen molar-refractivity contribution >= 4 is 0 Å². The number of hydrogen-bond acceptors (Lipinski definition) is 4. The zero-order valence-electron chi connectivity index (χ0n) is 9.12. The molecule has 0 radical (unpaired) electrons. The highest BCUT2D eigenvalue weighted by Gasteiger charge is 2.65. The molecule has 0 aliphatic heterocycles. The standard InChI is InChI=1S/C12H17N2O2/c13-12(14(15)16)5-8-4-9(12)11-7-2-1-6(3-7)10(8)11/h1-2,6-11,15H,3-5,13H2/q-1. The van der Waals surface area contributed by atoms with E-state index in [1.807, 2.05) is 0 Å². The number of hydroxylamine groups is 2. The molecule has 16 heavy (non-hydrogen) atoms. The molecule has 0 aromatic heterocycles. The normalized spacial score (nSPS) is 61.2. The third kappa shape index (κ3) is 0.874. The number of rotatable bonds is 1. The quantitative estimate of drug-likeness (QED) is 0.303. The number of allylic oxidation sites excluding steroid dienone is 2. The van der Waals surface area contributed by atoms with E-state index in [0.717, 1.165) is 18.3 Å². The van der Waals surface area contributed by atoms with Crippen LogP contribution in [-0.2, 0) is 0 Å². The number of nitrogens with two attached hydrogens (primary N) is 1. The molecule has 4 bridgehead atoms. The Morgan fingerprint density at radius 3 is 2.62 bits per heavy atom. The van der Waals surface area contributed by atoms with E-state index in [1.165, 1.54) is 6.42 Å². The van der Waals surface area contributed by atoms with Crippen molar-refractivity contribution in [1.82, 2.24) is 5.23 Å². The van der Waals surface area contributed by atoms with E-state index in [1.54, 1.807) is 0 Å². The molecule has 4 aliphatic rings. The molecule has 0 amide bonds. The maximum Gasteiger partial charge on any atom is 0.0829 e. The van der Waals surface area contributed by atoms with Gasteiger partial charge in [-0.05, 0) is 54.8 Å². The molecule has 0 aromatic rings. The van der Waals surface area contributed by atoms with Crippen molar-refractivity contribution in [3.05, 3.63) is 17.4 Å². The molecular formula is C12H17N2O2-. The summed E-state index contributed by atoms with van der Waals surface area (Å²) in [4.78, 5) is 0. The second kappa shape index (κ2) is 2.70. The lowest BCUT2D eigenvalue weighted by Gasteiger charge is -2.49. The largest absolute Gasteiger partial charge is 0.761 e. The fraction of sp³-hybridized carbons (Fsp3) is 0.833. The molecule has 4 nitrogen and oxygen atoms in total. The fourth-order valence-corrected chi connectivity index (χ4v) is 5.32. The highest BCUT2D eigenvalue weighted by atomic mass is 16.8. The Kier molecular flexibility index (Phi) is 1.62.